The first-order valence-corrected chi connectivity index (χ1v) is 4.90. The molecule has 2 atom stereocenters. The molecular weight excluding hydrogens is 152 g/mol. The Morgan fingerprint density at radius 3 is 2.58 bits per heavy atom. The highest BCUT2D eigenvalue weighted by Crippen LogP contribution is 2.16. The number of hydrogen-bond donors (Lipinski definition) is 1. The topological polar surface area (TPSA) is 24.5 Å². The molecule has 12 heavy (non-hydrogen) atoms. The Morgan fingerprint density at radius 1 is 1.25 bits per heavy atom. The first-order chi connectivity index (χ1) is 5.88. The van der Waals surface area contributed by atoms with Crippen molar-refractivity contribution in [1.82, 2.24) is 10.2 Å². The summed E-state index contributed by atoms with van der Waals surface area (Å²) in [6, 6.07) is 0.758. The van der Waals surface area contributed by atoms with Crippen molar-refractivity contribution < 1.29 is 4.74 Å². The fourth-order valence-corrected chi connectivity index (χ4v) is 2.19. The molecule has 3 heteroatoms. The van der Waals surface area contributed by atoms with Gasteiger partial charge in [0.05, 0.1) is 13.2 Å². The van der Waals surface area contributed by atoms with Crippen LogP contribution in [0.25, 0.3) is 0 Å². The van der Waals surface area contributed by atoms with E-state index in [2.05, 4.69) is 17.1 Å². The van der Waals surface area contributed by atoms with Gasteiger partial charge in [0.15, 0.2) is 0 Å². The van der Waals surface area contributed by atoms with Crippen molar-refractivity contribution >= 4 is 0 Å². The second kappa shape index (κ2) is 3.73. The number of ether oxygens (including phenoxy) is 1. The second-order valence-corrected chi connectivity index (χ2v) is 3.85. The molecule has 0 aliphatic carbocycles. The van der Waals surface area contributed by atoms with Gasteiger partial charge in [0.1, 0.15) is 0 Å². The first kappa shape index (κ1) is 8.48. The van der Waals surface area contributed by atoms with E-state index in [1.54, 1.807) is 0 Å². The monoisotopic (exact) mass is 170 g/mol. The molecule has 2 aliphatic rings. The third-order valence-corrected chi connectivity index (χ3v) is 2.99. The highest BCUT2D eigenvalue weighted by Gasteiger charge is 2.29. The Morgan fingerprint density at radius 2 is 2.00 bits per heavy atom. The van der Waals surface area contributed by atoms with Gasteiger partial charge >= 0.3 is 0 Å². The SMILES string of the molecule is C[C@H]1CNC[C@H]1N1CCOCC1. The Balaban J connectivity index is 1.89. The van der Waals surface area contributed by atoms with Gasteiger partial charge in [-0.3, -0.25) is 4.90 Å². The predicted octanol–water partition coefficient (Wildman–Crippen LogP) is -0.0735. The lowest BCUT2D eigenvalue weighted by molar-refractivity contribution is 0.0132. The Labute approximate surface area is 74.1 Å². The van der Waals surface area contributed by atoms with Crippen LogP contribution in [0.2, 0.25) is 0 Å². The molecule has 0 saturated carbocycles. The van der Waals surface area contributed by atoms with E-state index in [0.717, 1.165) is 38.3 Å². The predicted molar refractivity (Wildman–Crippen MR) is 48.2 cm³/mol. The van der Waals surface area contributed by atoms with E-state index < -0.39 is 0 Å². The van der Waals surface area contributed by atoms with E-state index >= 15 is 0 Å². The number of hydrogen-bond acceptors (Lipinski definition) is 3. The van der Waals surface area contributed by atoms with Crippen molar-refractivity contribution in [3.8, 4) is 0 Å². The van der Waals surface area contributed by atoms with Crippen LogP contribution in [0.4, 0.5) is 0 Å². The molecule has 0 aromatic rings. The zero-order chi connectivity index (χ0) is 8.39. The summed E-state index contributed by atoms with van der Waals surface area (Å²) in [6.45, 7) is 8.77. The fraction of sp³-hybridized carbons (Fsp3) is 1.00. The molecule has 2 fully saturated rings. The van der Waals surface area contributed by atoms with Crippen LogP contribution in [-0.4, -0.2) is 50.3 Å². The molecule has 2 aliphatic heterocycles. The Kier molecular flexibility index (Phi) is 2.63. The van der Waals surface area contributed by atoms with E-state index in [1.165, 1.54) is 13.1 Å². The van der Waals surface area contributed by atoms with Gasteiger partial charge in [-0.15, -0.1) is 0 Å². The number of morpholine rings is 1. The molecule has 0 bridgehead atoms. The second-order valence-electron chi connectivity index (χ2n) is 3.85. The van der Waals surface area contributed by atoms with Gasteiger partial charge in [-0.1, -0.05) is 6.92 Å². The molecule has 0 unspecified atom stereocenters. The van der Waals surface area contributed by atoms with Crippen LogP contribution in [0.1, 0.15) is 6.92 Å². The van der Waals surface area contributed by atoms with Gasteiger partial charge in [-0.05, 0) is 12.5 Å². The average molecular weight is 170 g/mol. The third-order valence-electron chi connectivity index (χ3n) is 2.99. The minimum Gasteiger partial charge on any atom is -0.379 e. The standard InChI is InChI=1S/C9H18N2O/c1-8-6-10-7-9(8)11-2-4-12-5-3-11/h8-10H,2-7H2,1H3/t8-,9+/m0/s1. The largest absolute Gasteiger partial charge is 0.379 e. The summed E-state index contributed by atoms with van der Waals surface area (Å²) in [5.74, 6) is 0.808. The molecule has 70 valence electrons. The smallest absolute Gasteiger partial charge is 0.0594 e. The highest BCUT2D eigenvalue weighted by molar-refractivity contribution is 4.86. The van der Waals surface area contributed by atoms with Crippen LogP contribution in [0.3, 0.4) is 0 Å². The lowest BCUT2D eigenvalue weighted by atomic mass is 10.0. The summed E-state index contributed by atoms with van der Waals surface area (Å²) in [7, 11) is 0. The minimum absolute atomic E-state index is 0.758. The Bertz CT molecular complexity index is 145. The van der Waals surface area contributed by atoms with Crippen molar-refractivity contribution in [2.45, 2.75) is 13.0 Å². The van der Waals surface area contributed by atoms with Crippen molar-refractivity contribution in [1.29, 1.82) is 0 Å². The van der Waals surface area contributed by atoms with Crippen molar-refractivity contribution in [2.24, 2.45) is 5.92 Å². The van der Waals surface area contributed by atoms with Crippen molar-refractivity contribution in [3.63, 3.8) is 0 Å². The summed E-state index contributed by atoms with van der Waals surface area (Å²) in [6.07, 6.45) is 0. The molecule has 0 aromatic heterocycles. The molecule has 0 amide bonds. The molecule has 0 aromatic carbocycles. The molecule has 0 radical (unpaired) electrons. The number of rotatable bonds is 1. The van der Waals surface area contributed by atoms with E-state index in [4.69, 9.17) is 4.74 Å². The van der Waals surface area contributed by atoms with Crippen molar-refractivity contribution in [2.75, 3.05) is 39.4 Å². The van der Waals surface area contributed by atoms with Crippen LogP contribution >= 0.6 is 0 Å². The number of nitrogens with one attached hydrogen (secondary N) is 1. The molecule has 0 spiro atoms. The fourth-order valence-electron chi connectivity index (χ4n) is 2.19. The summed E-state index contributed by atoms with van der Waals surface area (Å²) in [5.41, 5.74) is 0. The lowest BCUT2D eigenvalue weighted by Gasteiger charge is -2.33. The average Bonchev–Trinajstić information content (AvgIpc) is 2.53. The quantitative estimate of drug-likeness (QED) is 0.596. The Hall–Kier alpha value is -0.120. The van der Waals surface area contributed by atoms with Crippen LogP contribution < -0.4 is 5.32 Å². The summed E-state index contributed by atoms with van der Waals surface area (Å²) < 4.78 is 5.33. The zero-order valence-electron chi connectivity index (χ0n) is 7.75. The van der Waals surface area contributed by atoms with Crippen LogP contribution in [-0.2, 0) is 4.74 Å². The van der Waals surface area contributed by atoms with Gasteiger partial charge in [-0.2, -0.15) is 0 Å². The van der Waals surface area contributed by atoms with E-state index in [0.29, 0.717) is 0 Å². The van der Waals surface area contributed by atoms with Gasteiger partial charge in [0, 0.05) is 25.7 Å². The maximum atomic E-state index is 5.33. The van der Waals surface area contributed by atoms with Gasteiger partial charge in [-0.25, -0.2) is 0 Å². The molecule has 3 nitrogen and oxygen atoms in total. The number of nitrogens with zero attached hydrogens (tertiary/aromatic N) is 1. The maximum absolute atomic E-state index is 5.33. The van der Waals surface area contributed by atoms with E-state index in [1.807, 2.05) is 0 Å². The summed E-state index contributed by atoms with van der Waals surface area (Å²) in [4.78, 5) is 2.56. The molecular formula is C9H18N2O. The van der Waals surface area contributed by atoms with Gasteiger partial charge < -0.3 is 10.1 Å². The zero-order valence-corrected chi connectivity index (χ0v) is 7.75. The molecule has 2 rings (SSSR count). The van der Waals surface area contributed by atoms with Crippen molar-refractivity contribution in [3.05, 3.63) is 0 Å². The van der Waals surface area contributed by atoms with Gasteiger partial charge in [0.25, 0.3) is 0 Å². The minimum atomic E-state index is 0.758. The van der Waals surface area contributed by atoms with Crippen LogP contribution in [0.15, 0.2) is 0 Å². The highest BCUT2D eigenvalue weighted by atomic mass is 16.5. The van der Waals surface area contributed by atoms with Gasteiger partial charge in [0.2, 0.25) is 0 Å². The maximum Gasteiger partial charge on any atom is 0.0594 e. The molecule has 1 N–H and O–H groups in total. The van der Waals surface area contributed by atoms with Crippen LogP contribution in [0.5, 0.6) is 0 Å². The summed E-state index contributed by atoms with van der Waals surface area (Å²) >= 11 is 0. The molecule has 2 heterocycles. The summed E-state index contributed by atoms with van der Waals surface area (Å²) in [5, 5.41) is 3.44. The van der Waals surface area contributed by atoms with E-state index in [9.17, 15) is 0 Å². The van der Waals surface area contributed by atoms with E-state index in [-0.39, 0.29) is 0 Å². The third kappa shape index (κ3) is 1.63. The molecule has 2 saturated heterocycles. The van der Waals surface area contributed by atoms with Crippen LogP contribution in [0, 0.1) is 5.92 Å². The lowest BCUT2D eigenvalue weighted by Crippen LogP contribution is -2.46. The first-order valence-electron chi connectivity index (χ1n) is 4.90. The normalized spacial score (nSPS) is 38.8.